The predicted molar refractivity (Wildman–Crippen MR) is 96.2 cm³/mol. The third kappa shape index (κ3) is 3.14. The minimum absolute atomic E-state index is 0.122. The van der Waals surface area contributed by atoms with Gasteiger partial charge in [-0.1, -0.05) is 6.07 Å². The number of piperidine rings is 1. The van der Waals surface area contributed by atoms with Gasteiger partial charge in [0, 0.05) is 12.6 Å². The normalized spacial score (nSPS) is 32.0. The second-order valence-electron chi connectivity index (χ2n) is 7.91. The molecule has 2 amide bonds. The molecule has 2 bridgehead atoms. The Kier molecular flexibility index (Phi) is 4.79. The van der Waals surface area contributed by atoms with Gasteiger partial charge in [-0.3, -0.25) is 9.59 Å². The second-order valence-corrected chi connectivity index (χ2v) is 7.91. The number of nitriles is 1. The maximum Gasteiger partial charge on any atom is 0.239 e. The van der Waals surface area contributed by atoms with Crippen molar-refractivity contribution in [2.75, 3.05) is 13.1 Å². The molecule has 4 rings (SSSR count). The first-order valence-corrected chi connectivity index (χ1v) is 9.55. The number of carbonyl (C=O) groups excluding carboxylic acids is 2. The molecule has 0 spiro atoms. The van der Waals surface area contributed by atoms with Crippen molar-refractivity contribution < 1.29 is 18.4 Å². The minimum atomic E-state index is -1.23. The lowest BCUT2D eigenvalue weighted by Crippen LogP contribution is -2.58. The summed E-state index contributed by atoms with van der Waals surface area (Å²) in [5, 5.41) is 14.7. The highest BCUT2D eigenvalue weighted by Crippen LogP contribution is 2.50. The van der Waals surface area contributed by atoms with Crippen molar-refractivity contribution in [3.8, 4) is 6.07 Å². The monoisotopic (exact) mass is 388 g/mol. The van der Waals surface area contributed by atoms with Crippen LogP contribution in [0.1, 0.15) is 42.9 Å². The quantitative estimate of drug-likeness (QED) is 0.820. The molecule has 8 heteroatoms. The molecule has 0 aromatic heterocycles. The number of halogens is 2. The zero-order valence-corrected chi connectivity index (χ0v) is 15.5. The van der Waals surface area contributed by atoms with Crippen molar-refractivity contribution in [2.24, 2.45) is 5.92 Å². The van der Waals surface area contributed by atoms with E-state index in [0.29, 0.717) is 13.0 Å². The summed E-state index contributed by atoms with van der Waals surface area (Å²) in [5.41, 5.74) is 1.62. The summed E-state index contributed by atoms with van der Waals surface area (Å²) in [6, 6.07) is 5.15. The van der Waals surface area contributed by atoms with Crippen molar-refractivity contribution in [3.63, 3.8) is 0 Å². The van der Waals surface area contributed by atoms with Gasteiger partial charge in [0.15, 0.2) is 0 Å². The summed E-state index contributed by atoms with van der Waals surface area (Å²) >= 11 is 0. The number of hydrogen-bond donors (Lipinski definition) is 2. The van der Waals surface area contributed by atoms with E-state index in [2.05, 4.69) is 16.7 Å². The Morgan fingerprint density at radius 3 is 2.93 bits per heavy atom. The molecule has 2 fully saturated rings. The number of fused-ring (bicyclic) bond motifs is 5. The van der Waals surface area contributed by atoms with Gasteiger partial charge in [-0.15, -0.1) is 0 Å². The number of alkyl halides is 1. The van der Waals surface area contributed by atoms with E-state index < -0.39 is 18.3 Å². The lowest BCUT2D eigenvalue weighted by atomic mass is 9.90. The Hall–Kier alpha value is -2.53. The molecule has 1 aromatic rings. The summed E-state index contributed by atoms with van der Waals surface area (Å²) < 4.78 is 27.9. The number of benzene rings is 1. The van der Waals surface area contributed by atoms with Crippen LogP contribution in [0, 0.1) is 23.1 Å². The van der Waals surface area contributed by atoms with Crippen molar-refractivity contribution in [1.29, 1.82) is 5.26 Å². The average Bonchev–Trinajstić information content (AvgIpc) is 3.17. The molecule has 2 saturated heterocycles. The summed E-state index contributed by atoms with van der Waals surface area (Å²) in [6.45, 7) is 1.96. The first-order chi connectivity index (χ1) is 13.4. The molecule has 3 aliphatic rings. The highest BCUT2D eigenvalue weighted by molar-refractivity contribution is 5.93. The average molecular weight is 388 g/mol. The van der Waals surface area contributed by atoms with E-state index in [-0.39, 0.29) is 48.5 Å². The molecular formula is C20H22F2N4O2. The van der Waals surface area contributed by atoms with Crippen LogP contribution in [0.2, 0.25) is 0 Å². The van der Waals surface area contributed by atoms with Crippen LogP contribution in [0.25, 0.3) is 0 Å². The summed E-state index contributed by atoms with van der Waals surface area (Å²) in [4.78, 5) is 26.6. The van der Waals surface area contributed by atoms with Crippen LogP contribution >= 0.6 is 0 Å². The lowest BCUT2D eigenvalue weighted by Gasteiger charge is -2.35. The van der Waals surface area contributed by atoms with Crippen molar-refractivity contribution >= 4 is 11.8 Å². The molecule has 1 aromatic carbocycles. The first-order valence-electron chi connectivity index (χ1n) is 9.55. The maximum absolute atomic E-state index is 14.3. The van der Waals surface area contributed by atoms with Gasteiger partial charge in [-0.05, 0) is 43.0 Å². The summed E-state index contributed by atoms with van der Waals surface area (Å²) in [5.74, 6) is -1.54. The van der Waals surface area contributed by atoms with E-state index >= 15 is 0 Å². The van der Waals surface area contributed by atoms with Crippen LogP contribution in [0.15, 0.2) is 18.2 Å². The molecule has 2 N–H and O–H groups in total. The Morgan fingerprint density at radius 1 is 1.43 bits per heavy atom. The number of nitrogens with zero attached hydrogens (tertiary/aromatic N) is 2. The van der Waals surface area contributed by atoms with Gasteiger partial charge >= 0.3 is 0 Å². The van der Waals surface area contributed by atoms with Crippen LogP contribution in [0.4, 0.5) is 8.78 Å². The van der Waals surface area contributed by atoms with Crippen molar-refractivity contribution in [2.45, 2.75) is 50.0 Å². The van der Waals surface area contributed by atoms with Crippen molar-refractivity contribution in [3.05, 3.63) is 35.1 Å². The van der Waals surface area contributed by atoms with Crippen LogP contribution < -0.4 is 10.6 Å². The number of amides is 2. The van der Waals surface area contributed by atoms with Gasteiger partial charge < -0.3 is 15.5 Å². The molecule has 28 heavy (non-hydrogen) atoms. The fraction of sp³-hybridized carbons (Fsp3) is 0.550. The number of likely N-dealkylation sites (tertiary alicyclic amines) is 1. The first kappa shape index (κ1) is 18.8. The Bertz CT molecular complexity index is 855. The van der Waals surface area contributed by atoms with Crippen LogP contribution in [-0.2, 0) is 9.59 Å². The van der Waals surface area contributed by atoms with E-state index in [9.17, 15) is 18.4 Å². The van der Waals surface area contributed by atoms with Gasteiger partial charge in [0.05, 0.1) is 30.0 Å². The van der Waals surface area contributed by atoms with Crippen molar-refractivity contribution in [1.82, 2.24) is 15.5 Å². The highest BCUT2D eigenvalue weighted by atomic mass is 19.1. The summed E-state index contributed by atoms with van der Waals surface area (Å²) in [7, 11) is 0. The fourth-order valence-electron chi connectivity index (χ4n) is 4.74. The zero-order chi connectivity index (χ0) is 20.0. The van der Waals surface area contributed by atoms with E-state index in [1.807, 2.05) is 0 Å². The molecule has 2 heterocycles. The molecule has 0 radical (unpaired) electrons. The standard InChI is InChI=1S/C20H22F2N4O2/c1-10(19-16(22)4-11(7-23)8-24-19)25-18(27)9-26-17-6-15(20(26)28)13-3-2-12(21)5-14(13)17/h2-3,5,10-11,15-17,19,24H,4,6,8-9H2,1H3,(H,25,27)/t10-,11?,15-,16?,17+,19?/m0/s1. The Labute approximate surface area is 161 Å². The van der Waals surface area contributed by atoms with E-state index in [1.165, 1.54) is 17.0 Å². The number of nitrogens with one attached hydrogen (secondary N) is 2. The predicted octanol–water partition coefficient (Wildman–Crippen LogP) is 1.54. The molecule has 6 atom stereocenters. The van der Waals surface area contributed by atoms with E-state index in [0.717, 1.165) is 11.1 Å². The SMILES string of the molecule is C[C@H](NC(=O)CN1C(=O)[C@H]2C[C@@H]1c1cc(F)ccc12)C1NCC(C#N)CC1F. The van der Waals surface area contributed by atoms with Crippen LogP contribution in [-0.4, -0.2) is 48.1 Å². The smallest absolute Gasteiger partial charge is 0.239 e. The van der Waals surface area contributed by atoms with E-state index in [4.69, 9.17) is 5.26 Å². The topological polar surface area (TPSA) is 85.2 Å². The van der Waals surface area contributed by atoms with Gasteiger partial charge in [-0.25, -0.2) is 8.78 Å². The van der Waals surface area contributed by atoms with Gasteiger partial charge in [0.25, 0.3) is 0 Å². The molecule has 1 aliphatic carbocycles. The molecular weight excluding hydrogens is 366 g/mol. The van der Waals surface area contributed by atoms with Crippen LogP contribution in [0.3, 0.4) is 0 Å². The molecule has 148 valence electrons. The van der Waals surface area contributed by atoms with Crippen LogP contribution in [0.5, 0.6) is 0 Å². The second kappa shape index (κ2) is 7.13. The largest absolute Gasteiger partial charge is 0.350 e. The fourth-order valence-corrected chi connectivity index (χ4v) is 4.74. The molecule has 0 saturated carbocycles. The summed E-state index contributed by atoms with van der Waals surface area (Å²) in [6.07, 6.45) is -0.523. The number of carbonyl (C=O) groups is 2. The minimum Gasteiger partial charge on any atom is -0.350 e. The molecule has 6 nitrogen and oxygen atoms in total. The third-order valence-electron chi connectivity index (χ3n) is 6.12. The molecule has 2 aliphatic heterocycles. The van der Waals surface area contributed by atoms with E-state index in [1.54, 1.807) is 13.0 Å². The van der Waals surface area contributed by atoms with Gasteiger partial charge in [-0.2, -0.15) is 5.26 Å². The zero-order valence-electron chi connectivity index (χ0n) is 15.5. The van der Waals surface area contributed by atoms with Gasteiger partial charge in [0.2, 0.25) is 11.8 Å². The lowest BCUT2D eigenvalue weighted by molar-refractivity contribution is -0.136. The third-order valence-corrected chi connectivity index (χ3v) is 6.12. The number of hydrogen-bond acceptors (Lipinski definition) is 4. The van der Waals surface area contributed by atoms with Gasteiger partial charge in [0.1, 0.15) is 18.5 Å². The molecule has 3 unspecified atom stereocenters. The Morgan fingerprint density at radius 2 is 2.21 bits per heavy atom. The number of rotatable bonds is 4. The Balaban J connectivity index is 1.38. The highest BCUT2D eigenvalue weighted by Gasteiger charge is 2.49. The maximum atomic E-state index is 14.3.